The van der Waals surface area contributed by atoms with Gasteiger partial charge in [-0.3, -0.25) is 4.79 Å². The van der Waals surface area contributed by atoms with Gasteiger partial charge < -0.3 is 4.90 Å². The number of nitrogens with zero attached hydrogens (tertiary/aromatic N) is 4. The number of carbonyl (C=O) groups is 1. The molecule has 10 heteroatoms. The first kappa shape index (κ1) is 16.6. The predicted octanol–water partition coefficient (Wildman–Crippen LogP) is 2.75. The molecule has 1 unspecified atom stereocenters. The highest BCUT2D eigenvalue weighted by Crippen LogP contribution is 2.33. The van der Waals surface area contributed by atoms with Crippen LogP contribution in [0.3, 0.4) is 0 Å². The quantitative estimate of drug-likeness (QED) is 0.799. The van der Waals surface area contributed by atoms with Crippen LogP contribution in [0.5, 0.6) is 0 Å². The third-order valence-electron chi connectivity index (χ3n) is 3.90. The molecular formula is C14H13F5N4O. The number of alkyl halides is 5. The lowest BCUT2D eigenvalue weighted by molar-refractivity contribution is -0.142. The van der Waals surface area contributed by atoms with Crippen LogP contribution in [-0.2, 0) is 17.5 Å². The van der Waals surface area contributed by atoms with Crippen molar-refractivity contribution in [3.05, 3.63) is 29.7 Å². The Hall–Kier alpha value is -2.26. The number of carbonyl (C=O) groups excluding carboxylic acids is 1. The van der Waals surface area contributed by atoms with Gasteiger partial charge >= 0.3 is 6.18 Å². The van der Waals surface area contributed by atoms with E-state index in [0.29, 0.717) is 0 Å². The number of hydrogen-bond donors (Lipinski definition) is 0. The van der Waals surface area contributed by atoms with Gasteiger partial charge in [0.05, 0.1) is 12.2 Å². The van der Waals surface area contributed by atoms with Crippen molar-refractivity contribution in [3.8, 4) is 0 Å². The summed E-state index contributed by atoms with van der Waals surface area (Å²) in [5, 5.41) is 3.85. The van der Waals surface area contributed by atoms with Gasteiger partial charge in [0, 0.05) is 25.6 Å². The molecule has 3 heterocycles. The van der Waals surface area contributed by atoms with Crippen molar-refractivity contribution in [2.24, 2.45) is 5.92 Å². The van der Waals surface area contributed by atoms with Gasteiger partial charge in [-0.2, -0.15) is 18.3 Å². The van der Waals surface area contributed by atoms with Crippen LogP contribution < -0.4 is 0 Å². The first-order valence-corrected chi connectivity index (χ1v) is 7.21. The fourth-order valence-electron chi connectivity index (χ4n) is 2.90. The SMILES string of the molecule is O=C1CC(CC(F)F)CN1Cc1c(C(F)(F)F)nc2cccnn12. The van der Waals surface area contributed by atoms with E-state index < -0.39 is 36.5 Å². The molecule has 0 aromatic carbocycles. The monoisotopic (exact) mass is 348 g/mol. The van der Waals surface area contributed by atoms with Crippen molar-refractivity contribution >= 4 is 11.6 Å². The highest BCUT2D eigenvalue weighted by atomic mass is 19.4. The van der Waals surface area contributed by atoms with Crippen molar-refractivity contribution in [1.82, 2.24) is 19.5 Å². The zero-order valence-electron chi connectivity index (χ0n) is 12.3. The van der Waals surface area contributed by atoms with Crippen LogP contribution >= 0.6 is 0 Å². The van der Waals surface area contributed by atoms with Crippen LogP contribution in [0.1, 0.15) is 24.2 Å². The largest absolute Gasteiger partial charge is 0.435 e. The predicted molar refractivity (Wildman–Crippen MR) is 72.1 cm³/mol. The number of likely N-dealkylation sites (tertiary alicyclic amines) is 1. The average molecular weight is 348 g/mol. The molecule has 1 fully saturated rings. The minimum atomic E-state index is -4.70. The zero-order chi connectivity index (χ0) is 17.5. The number of rotatable bonds is 4. The van der Waals surface area contributed by atoms with Crippen LogP contribution in [0.15, 0.2) is 18.3 Å². The molecule has 3 rings (SSSR count). The summed E-state index contributed by atoms with van der Waals surface area (Å²) in [6, 6.07) is 2.82. The Morgan fingerprint density at radius 1 is 1.33 bits per heavy atom. The minimum Gasteiger partial charge on any atom is -0.336 e. The van der Waals surface area contributed by atoms with E-state index in [9.17, 15) is 26.7 Å². The third-order valence-corrected chi connectivity index (χ3v) is 3.90. The van der Waals surface area contributed by atoms with Crippen molar-refractivity contribution < 1.29 is 26.7 Å². The second kappa shape index (κ2) is 5.99. The van der Waals surface area contributed by atoms with E-state index in [2.05, 4.69) is 10.1 Å². The Morgan fingerprint density at radius 2 is 2.08 bits per heavy atom. The molecule has 130 valence electrons. The van der Waals surface area contributed by atoms with Gasteiger partial charge in [0.25, 0.3) is 0 Å². The van der Waals surface area contributed by atoms with Crippen molar-refractivity contribution in [2.45, 2.75) is 32.0 Å². The summed E-state index contributed by atoms with van der Waals surface area (Å²) in [6.07, 6.45) is -6.47. The topological polar surface area (TPSA) is 50.5 Å². The molecule has 1 atom stereocenters. The number of aromatic nitrogens is 3. The molecular weight excluding hydrogens is 335 g/mol. The molecule has 1 amide bonds. The number of fused-ring (bicyclic) bond motifs is 1. The van der Waals surface area contributed by atoms with Crippen LogP contribution in [0, 0.1) is 5.92 Å². The average Bonchev–Trinajstić information content (AvgIpc) is 3.00. The van der Waals surface area contributed by atoms with Gasteiger partial charge in [0.2, 0.25) is 12.3 Å². The first-order valence-electron chi connectivity index (χ1n) is 7.21. The molecule has 0 radical (unpaired) electrons. The fourth-order valence-corrected chi connectivity index (χ4v) is 2.90. The lowest BCUT2D eigenvalue weighted by atomic mass is 10.1. The van der Waals surface area contributed by atoms with Crippen LogP contribution in [0.25, 0.3) is 5.65 Å². The van der Waals surface area contributed by atoms with E-state index >= 15 is 0 Å². The van der Waals surface area contributed by atoms with Gasteiger partial charge in [-0.05, 0) is 18.1 Å². The Morgan fingerprint density at radius 3 is 2.75 bits per heavy atom. The Bertz CT molecular complexity index is 757. The molecule has 24 heavy (non-hydrogen) atoms. The highest BCUT2D eigenvalue weighted by molar-refractivity contribution is 5.78. The molecule has 2 aromatic rings. The van der Waals surface area contributed by atoms with E-state index in [0.717, 1.165) is 9.42 Å². The summed E-state index contributed by atoms with van der Waals surface area (Å²) in [6.45, 7) is -0.369. The molecule has 0 aliphatic carbocycles. The summed E-state index contributed by atoms with van der Waals surface area (Å²) in [4.78, 5) is 16.6. The molecule has 1 aliphatic rings. The second-order valence-electron chi connectivity index (χ2n) is 5.67. The molecule has 1 saturated heterocycles. The lowest BCUT2D eigenvalue weighted by Gasteiger charge is -2.17. The van der Waals surface area contributed by atoms with E-state index in [4.69, 9.17) is 0 Å². The van der Waals surface area contributed by atoms with E-state index in [1.165, 1.54) is 18.3 Å². The van der Waals surface area contributed by atoms with Gasteiger partial charge in [-0.15, -0.1) is 0 Å². The van der Waals surface area contributed by atoms with E-state index in [1.54, 1.807) is 0 Å². The highest BCUT2D eigenvalue weighted by Gasteiger charge is 2.40. The van der Waals surface area contributed by atoms with Gasteiger partial charge in [0.15, 0.2) is 11.3 Å². The summed E-state index contributed by atoms with van der Waals surface area (Å²) in [7, 11) is 0. The summed E-state index contributed by atoms with van der Waals surface area (Å²) in [5.74, 6) is -1.00. The van der Waals surface area contributed by atoms with Gasteiger partial charge in [-0.1, -0.05) is 0 Å². The Kier molecular flexibility index (Phi) is 4.14. The number of amides is 1. The lowest BCUT2D eigenvalue weighted by Crippen LogP contribution is -2.27. The normalized spacial score (nSPS) is 19.0. The number of imidazole rings is 1. The number of halogens is 5. The summed E-state index contributed by atoms with van der Waals surface area (Å²) in [5.41, 5.74) is -1.38. The first-order chi connectivity index (χ1) is 11.3. The van der Waals surface area contributed by atoms with E-state index in [1.807, 2.05) is 0 Å². The fraction of sp³-hybridized carbons (Fsp3) is 0.500. The standard InChI is InChI=1S/C14H13F5N4O/c15-10(16)4-8-5-12(24)22(6-8)7-9-13(14(17,18)19)21-11-2-1-3-20-23(9)11/h1-3,8,10H,4-7H2. The maximum Gasteiger partial charge on any atom is 0.435 e. The van der Waals surface area contributed by atoms with E-state index in [-0.39, 0.29) is 30.9 Å². The molecule has 0 N–H and O–H groups in total. The molecule has 0 saturated carbocycles. The molecule has 2 aromatic heterocycles. The zero-order valence-corrected chi connectivity index (χ0v) is 12.3. The Labute approximate surface area is 133 Å². The van der Waals surface area contributed by atoms with Crippen molar-refractivity contribution in [3.63, 3.8) is 0 Å². The number of hydrogen-bond acceptors (Lipinski definition) is 3. The Balaban J connectivity index is 1.91. The minimum absolute atomic E-state index is 0.000533. The van der Waals surface area contributed by atoms with Crippen LogP contribution in [0.4, 0.5) is 22.0 Å². The molecule has 0 spiro atoms. The maximum absolute atomic E-state index is 13.2. The van der Waals surface area contributed by atoms with Crippen LogP contribution in [0.2, 0.25) is 0 Å². The molecule has 0 bridgehead atoms. The summed E-state index contributed by atoms with van der Waals surface area (Å²) < 4.78 is 65.5. The molecule has 1 aliphatic heterocycles. The van der Waals surface area contributed by atoms with Crippen molar-refractivity contribution in [1.29, 1.82) is 0 Å². The van der Waals surface area contributed by atoms with Gasteiger partial charge in [-0.25, -0.2) is 18.3 Å². The van der Waals surface area contributed by atoms with Crippen LogP contribution in [-0.4, -0.2) is 38.4 Å². The summed E-state index contributed by atoms with van der Waals surface area (Å²) >= 11 is 0. The second-order valence-corrected chi connectivity index (χ2v) is 5.67. The third kappa shape index (κ3) is 3.17. The molecule has 5 nitrogen and oxygen atoms in total. The van der Waals surface area contributed by atoms with Crippen molar-refractivity contribution in [2.75, 3.05) is 6.54 Å². The van der Waals surface area contributed by atoms with Gasteiger partial charge in [0.1, 0.15) is 0 Å². The maximum atomic E-state index is 13.2. The smallest absolute Gasteiger partial charge is 0.336 e.